The SMILES string of the molecule is CNC(=O)c1cccc(Nc2ccc(-c3cccc(F)c3F)cn2)c1. The van der Waals surface area contributed by atoms with Crippen molar-refractivity contribution in [3.8, 4) is 11.1 Å². The van der Waals surface area contributed by atoms with Gasteiger partial charge in [0.15, 0.2) is 11.6 Å². The summed E-state index contributed by atoms with van der Waals surface area (Å²) in [5.74, 6) is -1.46. The summed E-state index contributed by atoms with van der Waals surface area (Å²) in [4.78, 5) is 15.9. The summed E-state index contributed by atoms with van der Waals surface area (Å²) in [6.45, 7) is 0. The second-order valence-corrected chi connectivity index (χ2v) is 5.32. The van der Waals surface area contributed by atoms with E-state index >= 15 is 0 Å². The summed E-state index contributed by atoms with van der Waals surface area (Å²) in [6, 6.07) is 14.3. The molecule has 0 aliphatic heterocycles. The monoisotopic (exact) mass is 339 g/mol. The number of halogens is 2. The van der Waals surface area contributed by atoms with Crippen LogP contribution in [-0.4, -0.2) is 17.9 Å². The number of rotatable bonds is 4. The van der Waals surface area contributed by atoms with Crippen LogP contribution in [0.4, 0.5) is 20.3 Å². The lowest BCUT2D eigenvalue weighted by atomic mass is 10.1. The molecule has 0 aliphatic rings. The second kappa shape index (κ2) is 7.09. The third-order valence-corrected chi connectivity index (χ3v) is 3.65. The highest BCUT2D eigenvalue weighted by atomic mass is 19.2. The number of amides is 1. The van der Waals surface area contributed by atoms with E-state index in [1.54, 1.807) is 43.4 Å². The van der Waals surface area contributed by atoms with Crippen LogP contribution in [0.25, 0.3) is 11.1 Å². The Labute approximate surface area is 143 Å². The van der Waals surface area contributed by atoms with Crippen LogP contribution in [0.1, 0.15) is 10.4 Å². The van der Waals surface area contributed by atoms with Gasteiger partial charge in [-0.25, -0.2) is 13.8 Å². The topological polar surface area (TPSA) is 54.0 Å². The van der Waals surface area contributed by atoms with Gasteiger partial charge in [0.1, 0.15) is 5.82 Å². The fourth-order valence-electron chi connectivity index (χ4n) is 2.38. The smallest absolute Gasteiger partial charge is 0.251 e. The van der Waals surface area contributed by atoms with Crippen molar-refractivity contribution >= 4 is 17.4 Å². The number of carbonyl (C=O) groups is 1. The standard InChI is InChI=1S/C19H15F2N3O/c1-22-19(25)12-4-2-5-14(10-12)24-17-9-8-13(11-23-17)15-6-3-7-16(20)18(15)21/h2-11H,1H3,(H,22,25)(H,23,24). The van der Waals surface area contributed by atoms with Crippen molar-refractivity contribution in [3.63, 3.8) is 0 Å². The van der Waals surface area contributed by atoms with E-state index in [0.717, 1.165) is 6.07 Å². The molecule has 2 aromatic carbocycles. The Morgan fingerprint density at radius 3 is 2.56 bits per heavy atom. The number of carbonyl (C=O) groups excluding carboxylic acids is 1. The predicted molar refractivity (Wildman–Crippen MR) is 92.7 cm³/mol. The molecule has 0 fully saturated rings. The molecule has 0 atom stereocenters. The fourth-order valence-corrected chi connectivity index (χ4v) is 2.38. The van der Waals surface area contributed by atoms with Gasteiger partial charge in [-0.2, -0.15) is 0 Å². The number of nitrogens with zero attached hydrogens (tertiary/aromatic N) is 1. The molecule has 1 aromatic heterocycles. The van der Waals surface area contributed by atoms with E-state index in [4.69, 9.17) is 0 Å². The molecule has 3 rings (SSSR count). The van der Waals surface area contributed by atoms with Crippen molar-refractivity contribution in [1.29, 1.82) is 0 Å². The lowest BCUT2D eigenvalue weighted by Gasteiger charge is -2.09. The maximum Gasteiger partial charge on any atom is 0.251 e. The molecule has 0 unspecified atom stereocenters. The van der Waals surface area contributed by atoms with Crippen LogP contribution in [0.15, 0.2) is 60.8 Å². The van der Waals surface area contributed by atoms with E-state index in [1.165, 1.54) is 18.3 Å². The van der Waals surface area contributed by atoms with Crippen LogP contribution >= 0.6 is 0 Å². The van der Waals surface area contributed by atoms with Crippen molar-refractivity contribution in [2.24, 2.45) is 0 Å². The molecule has 1 amide bonds. The normalized spacial score (nSPS) is 10.4. The Kier molecular flexibility index (Phi) is 4.70. The molecule has 0 radical (unpaired) electrons. The lowest BCUT2D eigenvalue weighted by Crippen LogP contribution is -2.17. The van der Waals surface area contributed by atoms with Crippen LogP contribution in [0, 0.1) is 11.6 Å². The molecule has 126 valence electrons. The third kappa shape index (κ3) is 3.63. The van der Waals surface area contributed by atoms with Gasteiger partial charge in [-0.1, -0.05) is 18.2 Å². The summed E-state index contributed by atoms with van der Waals surface area (Å²) < 4.78 is 27.2. The van der Waals surface area contributed by atoms with Crippen LogP contribution in [0.2, 0.25) is 0 Å². The summed E-state index contributed by atoms with van der Waals surface area (Å²) in [5.41, 5.74) is 1.84. The van der Waals surface area contributed by atoms with Crippen LogP contribution < -0.4 is 10.6 Å². The first-order valence-corrected chi connectivity index (χ1v) is 7.58. The highest BCUT2D eigenvalue weighted by molar-refractivity contribution is 5.95. The van der Waals surface area contributed by atoms with Crippen molar-refractivity contribution < 1.29 is 13.6 Å². The number of benzene rings is 2. The highest BCUT2D eigenvalue weighted by Gasteiger charge is 2.10. The zero-order chi connectivity index (χ0) is 17.8. The van der Waals surface area contributed by atoms with Gasteiger partial charge in [0, 0.05) is 35.6 Å². The first-order chi connectivity index (χ1) is 12.1. The Balaban J connectivity index is 1.82. The fraction of sp³-hybridized carbons (Fsp3) is 0.0526. The van der Waals surface area contributed by atoms with Crippen LogP contribution in [0.5, 0.6) is 0 Å². The van der Waals surface area contributed by atoms with Crippen molar-refractivity contribution in [1.82, 2.24) is 10.3 Å². The molecule has 0 aliphatic carbocycles. The third-order valence-electron chi connectivity index (χ3n) is 3.65. The van der Waals surface area contributed by atoms with Crippen molar-refractivity contribution in [2.75, 3.05) is 12.4 Å². The lowest BCUT2D eigenvalue weighted by molar-refractivity contribution is 0.0963. The minimum absolute atomic E-state index is 0.153. The summed E-state index contributed by atoms with van der Waals surface area (Å²) >= 11 is 0. The Bertz CT molecular complexity index is 911. The van der Waals surface area contributed by atoms with E-state index in [0.29, 0.717) is 22.6 Å². The predicted octanol–water partition coefficient (Wildman–Crippen LogP) is 4.13. The van der Waals surface area contributed by atoms with Gasteiger partial charge in [-0.3, -0.25) is 4.79 Å². The quantitative estimate of drug-likeness (QED) is 0.751. The van der Waals surface area contributed by atoms with Gasteiger partial charge in [0.2, 0.25) is 0 Å². The van der Waals surface area contributed by atoms with E-state index in [9.17, 15) is 13.6 Å². The first kappa shape index (κ1) is 16.6. The van der Waals surface area contributed by atoms with E-state index in [1.807, 2.05) is 0 Å². The Hall–Kier alpha value is -3.28. The molecule has 3 aromatic rings. The first-order valence-electron chi connectivity index (χ1n) is 7.58. The average Bonchev–Trinajstić information content (AvgIpc) is 2.64. The Morgan fingerprint density at radius 1 is 1.04 bits per heavy atom. The van der Waals surface area contributed by atoms with Gasteiger partial charge in [-0.05, 0) is 36.4 Å². The van der Waals surface area contributed by atoms with E-state index < -0.39 is 11.6 Å². The molecular formula is C19H15F2N3O. The van der Waals surface area contributed by atoms with Gasteiger partial charge in [-0.15, -0.1) is 0 Å². The van der Waals surface area contributed by atoms with Gasteiger partial charge in [0.05, 0.1) is 0 Å². The van der Waals surface area contributed by atoms with Gasteiger partial charge < -0.3 is 10.6 Å². The molecule has 6 heteroatoms. The number of aromatic nitrogens is 1. The largest absolute Gasteiger partial charge is 0.355 e. The van der Waals surface area contributed by atoms with Crippen LogP contribution in [-0.2, 0) is 0 Å². The molecule has 1 heterocycles. The average molecular weight is 339 g/mol. The second-order valence-electron chi connectivity index (χ2n) is 5.32. The molecule has 0 saturated carbocycles. The molecule has 0 bridgehead atoms. The molecule has 4 nitrogen and oxygen atoms in total. The maximum atomic E-state index is 13.8. The van der Waals surface area contributed by atoms with Crippen molar-refractivity contribution in [2.45, 2.75) is 0 Å². The zero-order valence-corrected chi connectivity index (χ0v) is 13.4. The number of pyridine rings is 1. The molecule has 0 spiro atoms. The maximum absolute atomic E-state index is 13.8. The summed E-state index contributed by atoms with van der Waals surface area (Å²) in [7, 11) is 1.56. The van der Waals surface area contributed by atoms with Crippen LogP contribution in [0.3, 0.4) is 0 Å². The minimum Gasteiger partial charge on any atom is -0.355 e. The number of anilines is 2. The van der Waals surface area contributed by atoms with Gasteiger partial charge in [0.25, 0.3) is 5.91 Å². The summed E-state index contributed by atoms with van der Waals surface area (Å²) in [5, 5.41) is 5.63. The number of hydrogen-bond acceptors (Lipinski definition) is 3. The Morgan fingerprint density at radius 2 is 1.84 bits per heavy atom. The minimum atomic E-state index is -0.900. The number of hydrogen-bond donors (Lipinski definition) is 2. The molecule has 0 saturated heterocycles. The zero-order valence-electron chi connectivity index (χ0n) is 13.4. The highest BCUT2D eigenvalue weighted by Crippen LogP contribution is 2.25. The number of nitrogens with one attached hydrogen (secondary N) is 2. The van der Waals surface area contributed by atoms with E-state index in [-0.39, 0.29) is 11.5 Å². The molecular weight excluding hydrogens is 324 g/mol. The van der Waals surface area contributed by atoms with Crippen molar-refractivity contribution in [3.05, 3.63) is 78.0 Å². The van der Waals surface area contributed by atoms with Gasteiger partial charge >= 0.3 is 0 Å². The summed E-state index contributed by atoms with van der Waals surface area (Å²) in [6.07, 6.45) is 1.46. The van der Waals surface area contributed by atoms with E-state index in [2.05, 4.69) is 15.6 Å². The molecule has 25 heavy (non-hydrogen) atoms. The molecule has 2 N–H and O–H groups in total.